The van der Waals surface area contributed by atoms with Crippen LogP contribution < -0.4 is 5.32 Å². The van der Waals surface area contributed by atoms with Crippen molar-refractivity contribution in [3.05, 3.63) is 72.1 Å². The molecule has 226 valence electrons. The first kappa shape index (κ1) is 32.0. The Morgan fingerprint density at radius 3 is 1.95 bits per heavy atom. The molecule has 1 amide bonds. The first-order valence-electron chi connectivity index (χ1n) is 12.2. The van der Waals surface area contributed by atoms with Gasteiger partial charge in [-0.25, -0.2) is 9.59 Å². The van der Waals surface area contributed by atoms with Crippen LogP contribution in [0.2, 0.25) is 0 Å². The number of carbonyl (C=O) groups is 3. The Labute approximate surface area is 233 Å². The molecule has 1 aromatic carbocycles. The number of likely N-dealkylation sites (tertiary alicyclic amines) is 1. The average Bonchev–Trinajstić information content (AvgIpc) is 3.50. The number of rotatable bonds is 4. The number of alkyl halides is 6. The first-order chi connectivity index (χ1) is 19.6. The van der Waals surface area contributed by atoms with Crippen molar-refractivity contribution in [3.8, 4) is 0 Å². The van der Waals surface area contributed by atoms with E-state index in [0.717, 1.165) is 49.8 Å². The van der Waals surface area contributed by atoms with Crippen LogP contribution in [0.15, 0.2) is 54.7 Å². The fraction of sp³-hybridized carbons (Fsp3) is 0.360. The minimum atomic E-state index is -5.08. The number of aliphatic carboxylic acids is 2. The molecular weight excluding hydrogens is 578 g/mol. The summed E-state index contributed by atoms with van der Waals surface area (Å²) >= 11 is 0. The van der Waals surface area contributed by atoms with E-state index >= 15 is 0 Å². The highest BCUT2D eigenvalue weighted by atomic mass is 19.4. The standard InChI is InChI=1S/C21H22N6O.2C2HF3O2/c28-21(23-17-6-2-1-3-7-17)20-25-24-19-10-15-11-26(12-16(15)13-27(19)20)14-18-8-4-5-9-22-18;2*3-2(4,5)1(6)7/h1-9,15-16H,10-14H2,(H,23,28);2*(H,6,7). The van der Waals surface area contributed by atoms with Crippen molar-refractivity contribution in [1.82, 2.24) is 24.6 Å². The Morgan fingerprint density at radius 1 is 0.833 bits per heavy atom. The van der Waals surface area contributed by atoms with Gasteiger partial charge in [-0.05, 0) is 36.1 Å². The zero-order valence-corrected chi connectivity index (χ0v) is 21.5. The summed E-state index contributed by atoms with van der Waals surface area (Å²) in [5.74, 6) is -3.33. The summed E-state index contributed by atoms with van der Waals surface area (Å²) in [6.07, 6.45) is -7.45. The van der Waals surface area contributed by atoms with Gasteiger partial charge in [0.1, 0.15) is 5.82 Å². The van der Waals surface area contributed by atoms with Crippen LogP contribution in [-0.4, -0.2) is 78.1 Å². The first-order valence-corrected chi connectivity index (χ1v) is 12.2. The summed E-state index contributed by atoms with van der Waals surface area (Å²) in [6.45, 7) is 3.72. The van der Waals surface area contributed by atoms with Gasteiger partial charge in [0.2, 0.25) is 5.82 Å². The van der Waals surface area contributed by atoms with Gasteiger partial charge in [0, 0.05) is 44.5 Å². The Hall–Kier alpha value is -4.54. The number of carboxylic acid groups (broad SMARTS) is 2. The van der Waals surface area contributed by atoms with Crippen LogP contribution in [-0.2, 0) is 29.1 Å². The molecule has 11 nitrogen and oxygen atoms in total. The summed E-state index contributed by atoms with van der Waals surface area (Å²) in [4.78, 5) is 37.4. The van der Waals surface area contributed by atoms with Gasteiger partial charge in [-0.3, -0.25) is 14.7 Å². The number of halogens is 6. The Morgan fingerprint density at radius 2 is 1.40 bits per heavy atom. The van der Waals surface area contributed by atoms with E-state index in [0.29, 0.717) is 17.7 Å². The van der Waals surface area contributed by atoms with Gasteiger partial charge in [-0.2, -0.15) is 26.3 Å². The fourth-order valence-electron chi connectivity index (χ4n) is 4.35. The van der Waals surface area contributed by atoms with E-state index in [1.165, 1.54) is 0 Å². The molecule has 4 heterocycles. The molecule has 2 aliphatic rings. The second-order valence-corrected chi connectivity index (χ2v) is 9.22. The molecule has 2 atom stereocenters. The lowest BCUT2D eigenvalue weighted by Crippen LogP contribution is -2.31. The van der Waals surface area contributed by atoms with Crippen molar-refractivity contribution in [1.29, 1.82) is 0 Å². The minimum Gasteiger partial charge on any atom is -0.475 e. The van der Waals surface area contributed by atoms with Crippen LogP contribution in [0.4, 0.5) is 32.0 Å². The predicted molar refractivity (Wildman–Crippen MR) is 132 cm³/mol. The van der Waals surface area contributed by atoms with Gasteiger partial charge in [0.15, 0.2) is 0 Å². The van der Waals surface area contributed by atoms with Crippen molar-refractivity contribution >= 4 is 23.5 Å². The fourth-order valence-corrected chi connectivity index (χ4v) is 4.35. The lowest BCUT2D eigenvalue weighted by molar-refractivity contribution is -0.193. The number of aromatic nitrogens is 4. The maximum absolute atomic E-state index is 12.7. The third-order valence-corrected chi connectivity index (χ3v) is 6.17. The van der Waals surface area contributed by atoms with Gasteiger partial charge >= 0.3 is 24.3 Å². The van der Waals surface area contributed by atoms with Gasteiger partial charge in [-0.15, -0.1) is 10.2 Å². The number of carbonyl (C=O) groups excluding carboxylic acids is 1. The number of amides is 1. The summed E-state index contributed by atoms with van der Waals surface area (Å²) < 4.78 is 65.5. The number of anilines is 1. The predicted octanol–water partition coefficient (Wildman–Crippen LogP) is 3.50. The van der Waals surface area contributed by atoms with Crippen molar-refractivity contribution < 1.29 is 50.9 Å². The summed E-state index contributed by atoms with van der Waals surface area (Å²) in [7, 11) is 0. The van der Waals surface area contributed by atoms with Gasteiger partial charge in [-0.1, -0.05) is 24.3 Å². The molecule has 17 heteroatoms. The molecule has 0 bridgehead atoms. The maximum atomic E-state index is 12.7. The van der Waals surface area contributed by atoms with E-state index < -0.39 is 24.3 Å². The highest BCUT2D eigenvalue weighted by Gasteiger charge is 2.40. The molecule has 2 aliphatic heterocycles. The number of pyridine rings is 1. The number of benzene rings is 1. The van der Waals surface area contributed by atoms with Gasteiger partial charge in [0.05, 0.1) is 5.69 Å². The van der Waals surface area contributed by atoms with Crippen LogP contribution >= 0.6 is 0 Å². The zero-order chi connectivity index (χ0) is 31.1. The van der Waals surface area contributed by atoms with Gasteiger partial charge < -0.3 is 20.1 Å². The van der Waals surface area contributed by atoms with Crippen LogP contribution in [0, 0.1) is 11.8 Å². The van der Waals surface area contributed by atoms with Crippen LogP contribution in [0.1, 0.15) is 22.1 Å². The lowest BCUT2D eigenvalue weighted by Gasteiger charge is -2.25. The summed E-state index contributed by atoms with van der Waals surface area (Å²) in [5, 5.41) is 25.7. The second-order valence-electron chi connectivity index (χ2n) is 9.22. The number of nitrogens with one attached hydrogen (secondary N) is 1. The second kappa shape index (κ2) is 13.4. The number of nitrogens with zero attached hydrogens (tertiary/aromatic N) is 5. The van der Waals surface area contributed by atoms with Crippen LogP contribution in [0.5, 0.6) is 0 Å². The van der Waals surface area contributed by atoms with Crippen LogP contribution in [0.25, 0.3) is 0 Å². The smallest absolute Gasteiger partial charge is 0.475 e. The number of hydrogen-bond acceptors (Lipinski definition) is 7. The van der Waals surface area contributed by atoms with Crippen molar-refractivity contribution in [2.75, 3.05) is 18.4 Å². The molecule has 0 saturated carbocycles. The molecular formula is C25H24F6N6O5. The van der Waals surface area contributed by atoms with E-state index in [2.05, 4.69) is 31.5 Å². The van der Waals surface area contributed by atoms with E-state index in [9.17, 15) is 31.1 Å². The summed E-state index contributed by atoms with van der Waals surface area (Å²) in [5.41, 5.74) is 1.87. The molecule has 2 unspecified atom stereocenters. The normalized spacial score (nSPS) is 17.9. The third kappa shape index (κ3) is 8.98. The largest absolute Gasteiger partial charge is 0.490 e. The van der Waals surface area contributed by atoms with Crippen molar-refractivity contribution in [2.45, 2.75) is 31.9 Å². The molecule has 1 fully saturated rings. The molecule has 1 saturated heterocycles. The topological polar surface area (TPSA) is 151 Å². The molecule has 42 heavy (non-hydrogen) atoms. The van der Waals surface area contributed by atoms with E-state index in [1.807, 2.05) is 53.2 Å². The molecule has 0 radical (unpaired) electrons. The van der Waals surface area contributed by atoms with Crippen molar-refractivity contribution in [2.24, 2.45) is 11.8 Å². The Balaban J connectivity index is 0.000000289. The van der Waals surface area contributed by atoms with E-state index in [1.54, 1.807) is 0 Å². The molecule has 3 aromatic rings. The Kier molecular flexibility index (Phi) is 10.2. The average molecular weight is 602 g/mol. The molecule has 0 spiro atoms. The highest BCUT2D eigenvalue weighted by molar-refractivity contribution is 6.01. The van der Waals surface area contributed by atoms with Crippen LogP contribution in [0.3, 0.4) is 0 Å². The number of para-hydroxylation sites is 1. The third-order valence-electron chi connectivity index (χ3n) is 6.17. The number of hydrogen-bond donors (Lipinski definition) is 3. The van der Waals surface area contributed by atoms with Gasteiger partial charge in [0.25, 0.3) is 5.91 Å². The number of carboxylic acids is 2. The monoisotopic (exact) mass is 602 g/mol. The number of fused-ring (bicyclic) bond motifs is 2. The Bertz CT molecular complexity index is 1340. The molecule has 2 aromatic heterocycles. The molecule has 5 rings (SSSR count). The zero-order valence-electron chi connectivity index (χ0n) is 21.5. The SMILES string of the molecule is O=C(Nc1ccccc1)c1nnc2n1CC1CN(Cc3ccccn3)CC1C2.O=C(O)C(F)(F)F.O=C(O)C(F)(F)F. The molecule has 0 aliphatic carbocycles. The lowest BCUT2D eigenvalue weighted by atomic mass is 9.89. The minimum absolute atomic E-state index is 0.202. The molecule has 3 N–H and O–H groups in total. The highest BCUT2D eigenvalue weighted by Crippen LogP contribution is 2.33. The van der Waals surface area contributed by atoms with Crippen molar-refractivity contribution in [3.63, 3.8) is 0 Å². The van der Waals surface area contributed by atoms with E-state index in [-0.39, 0.29) is 5.91 Å². The quantitative estimate of drug-likeness (QED) is 0.382. The van der Waals surface area contributed by atoms with E-state index in [4.69, 9.17) is 19.8 Å². The maximum Gasteiger partial charge on any atom is 0.490 e. The summed E-state index contributed by atoms with van der Waals surface area (Å²) in [6, 6.07) is 15.5.